The highest BCUT2D eigenvalue weighted by molar-refractivity contribution is 5.72. The molecule has 0 rings (SSSR count). The molecule has 0 bridgehead atoms. The zero-order valence-electron chi connectivity index (χ0n) is 7.47. The number of carbonyl (C=O) groups is 1. The third-order valence-corrected chi connectivity index (χ3v) is 1.38. The molecule has 0 aromatic heterocycles. The van der Waals surface area contributed by atoms with Crippen LogP contribution < -0.4 is 5.73 Å². The van der Waals surface area contributed by atoms with Gasteiger partial charge in [0, 0.05) is 6.54 Å². The van der Waals surface area contributed by atoms with Gasteiger partial charge in [-0.15, -0.1) is 0 Å². The van der Waals surface area contributed by atoms with Gasteiger partial charge in [0.15, 0.2) is 6.10 Å². The summed E-state index contributed by atoms with van der Waals surface area (Å²) >= 11 is 0. The van der Waals surface area contributed by atoms with E-state index in [9.17, 15) is 31.1 Å². The summed E-state index contributed by atoms with van der Waals surface area (Å²) in [6.07, 6.45) is -18.0. The first kappa shape index (κ1) is 15.0. The van der Waals surface area contributed by atoms with Crippen LogP contribution >= 0.6 is 0 Å². The van der Waals surface area contributed by atoms with E-state index in [0.717, 1.165) is 0 Å². The monoisotopic (exact) mass is 255 g/mol. The van der Waals surface area contributed by atoms with E-state index in [1.165, 1.54) is 0 Å². The number of halogens is 6. The van der Waals surface area contributed by atoms with Crippen molar-refractivity contribution in [1.82, 2.24) is 0 Å². The summed E-state index contributed by atoms with van der Waals surface area (Å²) < 4.78 is 74.8. The molecule has 1 atom stereocenters. The molecular formula is C6H7F6NO3. The average molecular weight is 255 g/mol. The van der Waals surface area contributed by atoms with Gasteiger partial charge in [0.1, 0.15) is 0 Å². The van der Waals surface area contributed by atoms with Crippen molar-refractivity contribution in [3.05, 3.63) is 0 Å². The van der Waals surface area contributed by atoms with Gasteiger partial charge in [0.2, 0.25) is 6.10 Å². The van der Waals surface area contributed by atoms with E-state index in [0.29, 0.717) is 0 Å². The summed E-state index contributed by atoms with van der Waals surface area (Å²) in [5.74, 6) is -2.00. The van der Waals surface area contributed by atoms with Gasteiger partial charge in [-0.05, 0) is 0 Å². The quantitative estimate of drug-likeness (QED) is 0.732. The van der Waals surface area contributed by atoms with Crippen LogP contribution in [-0.2, 0) is 9.53 Å². The van der Waals surface area contributed by atoms with E-state index in [2.05, 4.69) is 10.5 Å². The molecule has 0 aliphatic heterocycles. The van der Waals surface area contributed by atoms with Crippen LogP contribution in [0, 0.1) is 0 Å². The molecule has 0 spiro atoms. The van der Waals surface area contributed by atoms with Crippen LogP contribution in [0.4, 0.5) is 26.3 Å². The molecule has 0 amide bonds. The third-order valence-electron chi connectivity index (χ3n) is 1.38. The highest BCUT2D eigenvalue weighted by Gasteiger charge is 2.59. The topological polar surface area (TPSA) is 72.5 Å². The average Bonchev–Trinajstić information content (AvgIpc) is 1.99. The number of carboxylic acids is 1. The van der Waals surface area contributed by atoms with Crippen LogP contribution in [0.2, 0.25) is 0 Å². The van der Waals surface area contributed by atoms with Crippen molar-refractivity contribution in [3.8, 4) is 0 Å². The fourth-order valence-electron chi connectivity index (χ4n) is 0.719. The smallest absolute Gasteiger partial charge is 0.423 e. The van der Waals surface area contributed by atoms with E-state index in [1.54, 1.807) is 0 Å². The van der Waals surface area contributed by atoms with Crippen molar-refractivity contribution in [1.29, 1.82) is 0 Å². The van der Waals surface area contributed by atoms with E-state index in [1.807, 2.05) is 0 Å². The number of rotatable bonds is 4. The predicted octanol–water partition coefficient (Wildman–Crippen LogP) is 0.908. The fourth-order valence-corrected chi connectivity index (χ4v) is 0.719. The SMILES string of the molecule is NCC(OC(C(F)(F)F)C(F)(F)F)C(=O)O. The van der Waals surface area contributed by atoms with Crippen LogP contribution in [-0.4, -0.2) is 42.2 Å². The summed E-state index contributed by atoms with van der Waals surface area (Å²) in [4.78, 5) is 10.2. The molecule has 0 radical (unpaired) electrons. The largest absolute Gasteiger partial charge is 0.479 e. The second-order valence-corrected chi connectivity index (χ2v) is 2.66. The first-order chi connectivity index (χ1) is 7.00. The Morgan fingerprint density at radius 1 is 1.19 bits per heavy atom. The molecule has 0 saturated heterocycles. The van der Waals surface area contributed by atoms with Gasteiger partial charge in [-0.3, -0.25) is 0 Å². The molecule has 3 N–H and O–H groups in total. The van der Waals surface area contributed by atoms with Crippen LogP contribution in [0.1, 0.15) is 0 Å². The van der Waals surface area contributed by atoms with Gasteiger partial charge in [0.25, 0.3) is 0 Å². The van der Waals surface area contributed by atoms with Crippen LogP contribution in [0.3, 0.4) is 0 Å². The molecule has 0 aromatic carbocycles. The molecule has 0 heterocycles. The molecule has 0 aliphatic carbocycles. The maximum atomic E-state index is 11.9. The zero-order valence-corrected chi connectivity index (χ0v) is 7.47. The molecule has 0 aliphatic rings. The molecule has 96 valence electrons. The van der Waals surface area contributed by atoms with Gasteiger partial charge in [-0.1, -0.05) is 0 Å². The highest BCUT2D eigenvalue weighted by Crippen LogP contribution is 2.36. The molecule has 10 heteroatoms. The maximum Gasteiger partial charge on any atom is 0.423 e. The molecular weight excluding hydrogens is 248 g/mol. The van der Waals surface area contributed by atoms with Gasteiger partial charge < -0.3 is 15.6 Å². The molecule has 0 fully saturated rings. The number of hydrogen-bond donors (Lipinski definition) is 2. The van der Waals surface area contributed by atoms with E-state index in [-0.39, 0.29) is 0 Å². The Morgan fingerprint density at radius 2 is 1.56 bits per heavy atom. The highest BCUT2D eigenvalue weighted by atomic mass is 19.4. The lowest BCUT2D eigenvalue weighted by molar-refractivity contribution is -0.328. The van der Waals surface area contributed by atoms with E-state index < -0.39 is 37.1 Å². The van der Waals surface area contributed by atoms with Crippen molar-refractivity contribution in [2.75, 3.05) is 6.54 Å². The van der Waals surface area contributed by atoms with Gasteiger partial charge in [0.05, 0.1) is 0 Å². The first-order valence-electron chi connectivity index (χ1n) is 3.72. The van der Waals surface area contributed by atoms with Gasteiger partial charge in [-0.25, -0.2) is 4.79 Å². The normalized spacial score (nSPS) is 15.2. The van der Waals surface area contributed by atoms with E-state index in [4.69, 9.17) is 5.11 Å². The van der Waals surface area contributed by atoms with E-state index >= 15 is 0 Å². The minimum Gasteiger partial charge on any atom is -0.479 e. The Bertz CT molecular complexity index is 236. The molecule has 0 saturated carbocycles. The zero-order chi connectivity index (χ0) is 13.1. The van der Waals surface area contributed by atoms with Crippen LogP contribution in [0.15, 0.2) is 0 Å². The minimum atomic E-state index is -5.75. The van der Waals surface area contributed by atoms with Crippen molar-refractivity contribution < 1.29 is 41.0 Å². The van der Waals surface area contributed by atoms with Crippen molar-refractivity contribution in [2.45, 2.75) is 24.6 Å². The fraction of sp³-hybridized carbons (Fsp3) is 0.833. The number of alkyl halides is 6. The Hall–Kier alpha value is -1.03. The number of nitrogens with two attached hydrogens (primary N) is 1. The summed E-state index contributed by atoms with van der Waals surface area (Å²) in [5, 5.41) is 8.21. The van der Waals surface area contributed by atoms with Gasteiger partial charge in [-0.2, -0.15) is 26.3 Å². The number of ether oxygens (including phenoxy) is 1. The molecule has 16 heavy (non-hydrogen) atoms. The third kappa shape index (κ3) is 4.23. The Balaban J connectivity index is 4.88. The lowest BCUT2D eigenvalue weighted by Crippen LogP contribution is -2.49. The Kier molecular flexibility index (Phi) is 4.56. The lowest BCUT2D eigenvalue weighted by atomic mass is 10.3. The summed E-state index contributed by atoms with van der Waals surface area (Å²) in [7, 11) is 0. The standard InChI is InChI=1S/C6H7F6NO3/c7-5(8,9)4(6(10,11)12)16-2(1-13)3(14)15/h2,4H,1,13H2,(H,14,15). The summed E-state index contributed by atoms with van der Waals surface area (Å²) in [5.41, 5.74) is 4.67. The molecule has 1 unspecified atom stereocenters. The van der Waals surface area contributed by atoms with Crippen LogP contribution in [0.25, 0.3) is 0 Å². The maximum absolute atomic E-state index is 11.9. The molecule has 0 aromatic rings. The minimum absolute atomic E-state index is 1.00. The van der Waals surface area contributed by atoms with Gasteiger partial charge >= 0.3 is 18.3 Å². The number of aliphatic carboxylic acids is 1. The second kappa shape index (κ2) is 4.87. The predicted molar refractivity (Wildman–Crippen MR) is 37.5 cm³/mol. The summed E-state index contributed by atoms with van der Waals surface area (Å²) in [6.45, 7) is -1.00. The molecule has 4 nitrogen and oxygen atoms in total. The Morgan fingerprint density at radius 3 is 1.75 bits per heavy atom. The van der Waals surface area contributed by atoms with Crippen LogP contribution in [0.5, 0.6) is 0 Å². The second-order valence-electron chi connectivity index (χ2n) is 2.66. The Labute approximate surface area is 85.0 Å². The van der Waals surface area contributed by atoms with Crippen molar-refractivity contribution >= 4 is 5.97 Å². The summed E-state index contributed by atoms with van der Waals surface area (Å²) in [6, 6.07) is 0. The lowest BCUT2D eigenvalue weighted by Gasteiger charge is -2.25. The van der Waals surface area contributed by atoms with Crippen molar-refractivity contribution in [3.63, 3.8) is 0 Å². The van der Waals surface area contributed by atoms with Crippen molar-refractivity contribution in [2.24, 2.45) is 5.73 Å². The number of carboxylic acid groups (broad SMARTS) is 1. The number of hydrogen-bond acceptors (Lipinski definition) is 3. The first-order valence-corrected chi connectivity index (χ1v) is 3.72.